The van der Waals surface area contributed by atoms with Crippen LogP contribution in [0, 0.1) is 0 Å². The third kappa shape index (κ3) is 1.28. The molecule has 4 heteroatoms. The Kier molecular flexibility index (Phi) is 1.45. The first-order valence-electron chi connectivity index (χ1n) is 4.80. The Labute approximate surface area is 80.3 Å². The number of nitrogens with one attached hydrogen (secondary N) is 3. The maximum atomic E-state index is 11.0. The van der Waals surface area contributed by atoms with Crippen LogP contribution in [0.4, 0.5) is 5.69 Å². The molecule has 1 saturated carbocycles. The summed E-state index contributed by atoms with van der Waals surface area (Å²) in [6.07, 6.45) is 2.50. The number of hydrogen-bond acceptors (Lipinski definition) is 2. The molecule has 0 unspecified atom stereocenters. The number of H-pyrrole nitrogens is 2. The van der Waals surface area contributed by atoms with Crippen LogP contribution in [0.5, 0.6) is 0 Å². The van der Waals surface area contributed by atoms with Crippen LogP contribution in [0.25, 0.3) is 11.0 Å². The molecule has 1 aliphatic rings. The number of fused-ring (bicyclic) bond motifs is 1. The predicted octanol–water partition coefficient (Wildman–Crippen LogP) is 1.43. The van der Waals surface area contributed by atoms with Crippen molar-refractivity contribution in [3.63, 3.8) is 0 Å². The van der Waals surface area contributed by atoms with Gasteiger partial charge in [-0.15, -0.1) is 0 Å². The zero-order valence-corrected chi connectivity index (χ0v) is 7.63. The van der Waals surface area contributed by atoms with Gasteiger partial charge in [0.05, 0.1) is 11.0 Å². The smallest absolute Gasteiger partial charge is 0.323 e. The van der Waals surface area contributed by atoms with Crippen LogP contribution in [-0.2, 0) is 0 Å². The van der Waals surface area contributed by atoms with Crippen molar-refractivity contribution in [2.24, 2.45) is 0 Å². The van der Waals surface area contributed by atoms with E-state index in [1.807, 2.05) is 18.2 Å². The molecule has 2 aromatic rings. The molecule has 0 radical (unpaired) electrons. The highest BCUT2D eigenvalue weighted by atomic mass is 16.1. The topological polar surface area (TPSA) is 60.7 Å². The van der Waals surface area contributed by atoms with Crippen molar-refractivity contribution in [2.75, 3.05) is 5.32 Å². The van der Waals surface area contributed by atoms with E-state index in [1.54, 1.807) is 0 Å². The molecule has 1 fully saturated rings. The fourth-order valence-corrected chi connectivity index (χ4v) is 1.59. The summed E-state index contributed by atoms with van der Waals surface area (Å²) in [6.45, 7) is 0. The molecule has 0 atom stereocenters. The van der Waals surface area contributed by atoms with Gasteiger partial charge in [-0.2, -0.15) is 0 Å². The van der Waals surface area contributed by atoms with Gasteiger partial charge >= 0.3 is 5.69 Å². The van der Waals surface area contributed by atoms with Crippen LogP contribution in [0.15, 0.2) is 23.0 Å². The number of aromatic amines is 2. The number of imidazole rings is 1. The van der Waals surface area contributed by atoms with E-state index in [9.17, 15) is 4.79 Å². The number of rotatable bonds is 2. The van der Waals surface area contributed by atoms with Gasteiger partial charge in [0.25, 0.3) is 0 Å². The van der Waals surface area contributed by atoms with Crippen LogP contribution >= 0.6 is 0 Å². The van der Waals surface area contributed by atoms with Gasteiger partial charge in [0.2, 0.25) is 0 Å². The maximum absolute atomic E-state index is 11.0. The lowest BCUT2D eigenvalue weighted by Gasteiger charge is -2.02. The van der Waals surface area contributed by atoms with E-state index in [-0.39, 0.29) is 5.69 Å². The van der Waals surface area contributed by atoms with Gasteiger partial charge in [0, 0.05) is 11.7 Å². The lowest BCUT2D eigenvalue weighted by molar-refractivity contribution is 1.16. The van der Waals surface area contributed by atoms with E-state index in [2.05, 4.69) is 15.3 Å². The summed E-state index contributed by atoms with van der Waals surface area (Å²) in [7, 11) is 0. The fraction of sp³-hybridized carbons (Fsp3) is 0.300. The normalized spacial score (nSPS) is 16.0. The zero-order chi connectivity index (χ0) is 9.54. The first kappa shape index (κ1) is 7.67. The largest absolute Gasteiger partial charge is 0.382 e. The van der Waals surface area contributed by atoms with E-state index >= 15 is 0 Å². The summed E-state index contributed by atoms with van der Waals surface area (Å²) < 4.78 is 0. The second-order valence-corrected chi connectivity index (χ2v) is 3.76. The highest BCUT2D eigenvalue weighted by Gasteiger charge is 2.20. The molecular formula is C10H11N3O. The molecule has 1 aliphatic carbocycles. The van der Waals surface area contributed by atoms with Gasteiger partial charge in [0.15, 0.2) is 0 Å². The molecule has 1 heterocycles. The van der Waals surface area contributed by atoms with Gasteiger partial charge in [-0.1, -0.05) is 0 Å². The third-order valence-electron chi connectivity index (χ3n) is 2.46. The minimum atomic E-state index is -0.149. The molecule has 0 spiro atoms. The summed E-state index contributed by atoms with van der Waals surface area (Å²) in [6, 6.07) is 6.51. The fourth-order valence-electron chi connectivity index (χ4n) is 1.59. The van der Waals surface area contributed by atoms with Gasteiger partial charge in [0.1, 0.15) is 0 Å². The van der Waals surface area contributed by atoms with Crippen molar-refractivity contribution in [3.8, 4) is 0 Å². The van der Waals surface area contributed by atoms with Crippen LogP contribution in [0.2, 0.25) is 0 Å². The lowest BCUT2D eigenvalue weighted by Crippen LogP contribution is -2.00. The van der Waals surface area contributed by atoms with E-state index < -0.39 is 0 Å². The Morgan fingerprint density at radius 1 is 1.21 bits per heavy atom. The average molecular weight is 189 g/mol. The van der Waals surface area contributed by atoms with Crippen LogP contribution in [0.1, 0.15) is 12.8 Å². The number of benzene rings is 1. The molecule has 1 aromatic carbocycles. The van der Waals surface area contributed by atoms with Gasteiger partial charge in [-0.05, 0) is 31.0 Å². The quantitative estimate of drug-likeness (QED) is 0.669. The summed E-state index contributed by atoms with van der Waals surface area (Å²) in [5.41, 5.74) is 2.65. The molecule has 0 saturated heterocycles. The van der Waals surface area contributed by atoms with Crippen LogP contribution in [0.3, 0.4) is 0 Å². The number of hydrogen-bond donors (Lipinski definition) is 3. The monoisotopic (exact) mass is 189 g/mol. The second kappa shape index (κ2) is 2.64. The van der Waals surface area contributed by atoms with Crippen LogP contribution in [-0.4, -0.2) is 16.0 Å². The van der Waals surface area contributed by atoms with Crippen molar-refractivity contribution >= 4 is 16.7 Å². The molecule has 3 N–H and O–H groups in total. The van der Waals surface area contributed by atoms with Crippen LogP contribution < -0.4 is 11.0 Å². The second-order valence-electron chi connectivity index (χ2n) is 3.76. The molecule has 0 amide bonds. The lowest BCUT2D eigenvalue weighted by atomic mass is 10.3. The van der Waals surface area contributed by atoms with E-state index in [0.29, 0.717) is 6.04 Å². The van der Waals surface area contributed by atoms with Crippen molar-refractivity contribution < 1.29 is 0 Å². The Morgan fingerprint density at radius 3 is 2.79 bits per heavy atom. The number of aromatic nitrogens is 2. The summed E-state index contributed by atoms with van der Waals surface area (Å²) >= 11 is 0. The Morgan fingerprint density at radius 2 is 2.00 bits per heavy atom. The van der Waals surface area contributed by atoms with Gasteiger partial charge < -0.3 is 15.3 Å². The van der Waals surface area contributed by atoms with Crippen molar-refractivity contribution in [1.29, 1.82) is 0 Å². The standard InChI is InChI=1S/C10H11N3O/c14-10-12-8-4-3-7(5-9(8)13-10)11-6-1-2-6/h3-6,11H,1-2H2,(H2,12,13,14). The first-order chi connectivity index (χ1) is 6.81. The highest BCUT2D eigenvalue weighted by molar-refractivity contribution is 5.78. The maximum Gasteiger partial charge on any atom is 0.323 e. The molecule has 0 bridgehead atoms. The molecular weight excluding hydrogens is 178 g/mol. The minimum absolute atomic E-state index is 0.149. The van der Waals surface area contributed by atoms with E-state index in [0.717, 1.165) is 16.7 Å². The Hall–Kier alpha value is -1.71. The van der Waals surface area contributed by atoms with Gasteiger partial charge in [-0.25, -0.2) is 4.79 Å². The highest BCUT2D eigenvalue weighted by Crippen LogP contribution is 2.25. The minimum Gasteiger partial charge on any atom is -0.382 e. The van der Waals surface area contributed by atoms with Crippen molar-refractivity contribution in [2.45, 2.75) is 18.9 Å². The summed E-state index contributed by atoms with van der Waals surface area (Å²) in [5.74, 6) is 0. The van der Waals surface area contributed by atoms with Crippen molar-refractivity contribution in [1.82, 2.24) is 9.97 Å². The molecule has 0 aliphatic heterocycles. The average Bonchev–Trinajstić information content (AvgIpc) is 2.86. The predicted molar refractivity (Wildman–Crippen MR) is 55.6 cm³/mol. The molecule has 72 valence electrons. The zero-order valence-electron chi connectivity index (χ0n) is 7.63. The Bertz CT molecular complexity index is 521. The molecule has 4 nitrogen and oxygen atoms in total. The van der Waals surface area contributed by atoms with Gasteiger partial charge in [-0.3, -0.25) is 0 Å². The SMILES string of the molecule is O=c1[nH]c2ccc(NC3CC3)cc2[nH]1. The summed E-state index contributed by atoms with van der Waals surface area (Å²) in [4.78, 5) is 16.5. The van der Waals surface area contributed by atoms with E-state index in [1.165, 1.54) is 12.8 Å². The first-order valence-corrected chi connectivity index (χ1v) is 4.80. The molecule has 14 heavy (non-hydrogen) atoms. The molecule has 3 rings (SSSR count). The van der Waals surface area contributed by atoms with Crippen molar-refractivity contribution in [3.05, 3.63) is 28.7 Å². The molecule has 1 aromatic heterocycles. The summed E-state index contributed by atoms with van der Waals surface area (Å²) in [5, 5.41) is 3.38. The number of anilines is 1. The third-order valence-corrected chi connectivity index (χ3v) is 2.46. The van der Waals surface area contributed by atoms with E-state index in [4.69, 9.17) is 0 Å². The Balaban J connectivity index is 2.04.